The number of benzene rings is 1. The number of aryl methyl sites for hydroxylation is 1. The van der Waals surface area contributed by atoms with Crippen molar-refractivity contribution in [2.45, 2.75) is 6.92 Å². The topological polar surface area (TPSA) is 21.5 Å². The van der Waals surface area contributed by atoms with Gasteiger partial charge in [0.25, 0.3) is 0 Å². The Balaban J connectivity index is 2.35. The number of aldehydes is 1. The standard InChI is InChI=1S/C16H12INO/c1-11-4-3-7-18-15(11)9-14(16(18)10-19)12-5-2-6-13(17)8-12/h2-10H,1H3. The quantitative estimate of drug-likeness (QED) is 0.492. The molecule has 1 aromatic carbocycles. The van der Waals surface area contributed by atoms with E-state index in [1.807, 2.05) is 34.9 Å². The molecule has 0 bridgehead atoms. The number of aromatic nitrogens is 1. The van der Waals surface area contributed by atoms with Crippen LogP contribution in [0.4, 0.5) is 0 Å². The summed E-state index contributed by atoms with van der Waals surface area (Å²) < 4.78 is 3.12. The van der Waals surface area contributed by atoms with Crippen molar-refractivity contribution >= 4 is 34.4 Å². The molecule has 0 saturated heterocycles. The van der Waals surface area contributed by atoms with Crippen LogP contribution in [0.3, 0.4) is 0 Å². The Bertz CT molecular complexity index is 774. The molecule has 3 rings (SSSR count). The van der Waals surface area contributed by atoms with Gasteiger partial charge in [0.2, 0.25) is 0 Å². The van der Waals surface area contributed by atoms with Crippen LogP contribution in [-0.4, -0.2) is 10.7 Å². The summed E-state index contributed by atoms with van der Waals surface area (Å²) in [4.78, 5) is 11.4. The van der Waals surface area contributed by atoms with E-state index in [4.69, 9.17) is 0 Å². The summed E-state index contributed by atoms with van der Waals surface area (Å²) in [5, 5.41) is 0. The molecule has 3 heteroatoms. The van der Waals surface area contributed by atoms with Gasteiger partial charge in [-0.05, 0) is 64.9 Å². The summed E-state index contributed by atoms with van der Waals surface area (Å²) in [5.41, 5.74) is 5.03. The summed E-state index contributed by atoms with van der Waals surface area (Å²) in [6.45, 7) is 2.06. The van der Waals surface area contributed by atoms with E-state index in [1.54, 1.807) is 0 Å². The number of carbonyl (C=O) groups is 1. The fourth-order valence-corrected chi connectivity index (χ4v) is 2.91. The molecule has 0 radical (unpaired) electrons. The lowest BCUT2D eigenvalue weighted by atomic mass is 10.1. The highest BCUT2D eigenvalue weighted by Crippen LogP contribution is 2.29. The van der Waals surface area contributed by atoms with Gasteiger partial charge in [0.15, 0.2) is 6.29 Å². The molecular weight excluding hydrogens is 349 g/mol. The predicted molar refractivity (Wildman–Crippen MR) is 85.7 cm³/mol. The molecule has 3 aromatic rings. The molecule has 2 nitrogen and oxygen atoms in total. The van der Waals surface area contributed by atoms with E-state index in [9.17, 15) is 4.79 Å². The van der Waals surface area contributed by atoms with Crippen molar-refractivity contribution in [3.8, 4) is 11.1 Å². The Morgan fingerprint density at radius 2 is 2.00 bits per heavy atom. The highest BCUT2D eigenvalue weighted by Gasteiger charge is 2.12. The average Bonchev–Trinajstić information content (AvgIpc) is 2.79. The van der Waals surface area contributed by atoms with E-state index < -0.39 is 0 Å². The normalized spacial score (nSPS) is 10.8. The third kappa shape index (κ3) is 2.08. The van der Waals surface area contributed by atoms with Crippen LogP contribution in [0.2, 0.25) is 0 Å². The van der Waals surface area contributed by atoms with Gasteiger partial charge in [-0.25, -0.2) is 0 Å². The molecule has 0 unspecified atom stereocenters. The Kier molecular flexibility index (Phi) is 3.14. The van der Waals surface area contributed by atoms with Crippen LogP contribution in [0.25, 0.3) is 16.6 Å². The van der Waals surface area contributed by atoms with E-state index in [0.29, 0.717) is 5.69 Å². The van der Waals surface area contributed by atoms with Crippen LogP contribution in [-0.2, 0) is 0 Å². The van der Waals surface area contributed by atoms with Gasteiger partial charge in [0.05, 0.1) is 5.69 Å². The number of nitrogens with zero attached hydrogens (tertiary/aromatic N) is 1. The van der Waals surface area contributed by atoms with Gasteiger partial charge in [-0.3, -0.25) is 4.79 Å². The van der Waals surface area contributed by atoms with Crippen molar-refractivity contribution in [1.29, 1.82) is 0 Å². The molecule has 0 atom stereocenters. The van der Waals surface area contributed by atoms with E-state index in [0.717, 1.165) is 22.9 Å². The Morgan fingerprint density at radius 3 is 2.74 bits per heavy atom. The first-order valence-corrected chi connectivity index (χ1v) is 7.10. The largest absolute Gasteiger partial charge is 0.313 e. The first-order chi connectivity index (χ1) is 9.20. The molecule has 0 spiro atoms. The molecule has 0 aliphatic carbocycles. The predicted octanol–water partition coefficient (Wildman–Crippen LogP) is 4.33. The minimum atomic E-state index is 0.709. The van der Waals surface area contributed by atoms with Crippen LogP contribution in [0.15, 0.2) is 48.7 Å². The summed E-state index contributed by atoms with van der Waals surface area (Å²) in [5.74, 6) is 0. The Hall–Kier alpha value is -1.62. The van der Waals surface area contributed by atoms with Gasteiger partial charge < -0.3 is 4.40 Å². The van der Waals surface area contributed by atoms with Crippen molar-refractivity contribution in [3.05, 3.63) is 63.5 Å². The highest BCUT2D eigenvalue weighted by atomic mass is 127. The molecule has 0 aliphatic heterocycles. The molecule has 19 heavy (non-hydrogen) atoms. The lowest BCUT2D eigenvalue weighted by Gasteiger charge is -2.01. The highest BCUT2D eigenvalue weighted by molar-refractivity contribution is 14.1. The molecule has 2 aromatic heterocycles. The summed E-state index contributed by atoms with van der Waals surface area (Å²) in [6.07, 6.45) is 2.87. The first-order valence-electron chi connectivity index (χ1n) is 6.02. The van der Waals surface area contributed by atoms with Crippen molar-refractivity contribution in [2.75, 3.05) is 0 Å². The average molecular weight is 361 g/mol. The van der Waals surface area contributed by atoms with Gasteiger partial charge in [-0.15, -0.1) is 0 Å². The van der Waals surface area contributed by atoms with E-state index in [1.165, 1.54) is 9.13 Å². The molecule has 0 N–H and O–H groups in total. The minimum Gasteiger partial charge on any atom is -0.313 e. The Labute approximate surface area is 125 Å². The maximum atomic E-state index is 11.4. The van der Waals surface area contributed by atoms with Crippen LogP contribution >= 0.6 is 22.6 Å². The SMILES string of the molecule is Cc1cccn2c(C=O)c(-c3cccc(I)c3)cc12. The number of hydrogen-bond acceptors (Lipinski definition) is 1. The second-order valence-electron chi connectivity index (χ2n) is 4.52. The van der Waals surface area contributed by atoms with Crippen LogP contribution in [0, 0.1) is 10.5 Å². The smallest absolute Gasteiger partial charge is 0.167 e. The van der Waals surface area contributed by atoms with Gasteiger partial charge >= 0.3 is 0 Å². The number of carbonyl (C=O) groups excluding carboxylic acids is 1. The number of fused-ring (bicyclic) bond motifs is 1. The zero-order valence-corrected chi connectivity index (χ0v) is 12.6. The van der Waals surface area contributed by atoms with Crippen molar-refractivity contribution in [3.63, 3.8) is 0 Å². The molecule has 2 heterocycles. The van der Waals surface area contributed by atoms with Crippen molar-refractivity contribution in [1.82, 2.24) is 4.40 Å². The molecule has 0 saturated carbocycles. The van der Waals surface area contributed by atoms with E-state index >= 15 is 0 Å². The number of halogens is 1. The van der Waals surface area contributed by atoms with Gasteiger partial charge in [-0.2, -0.15) is 0 Å². The maximum Gasteiger partial charge on any atom is 0.167 e. The maximum absolute atomic E-state index is 11.4. The third-order valence-electron chi connectivity index (χ3n) is 3.31. The number of hydrogen-bond donors (Lipinski definition) is 0. The molecule has 0 amide bonds. The summed E-state index contributed by atoms with van der Waals surface area (Å²) in [7, 11) is 0. The third-order valence-corrected chi connectivity index (χ3v) is 3.98. The van der Waals surface area contributed by atoms with E-state index in [-0.39, 0.29) is 0 Å². The van der Waals surface area contributed by atoms with Crippen molar-refractivity contribution < 1.29 is 4.79 Å². The second kappa shape index (κ2) is 4.81. The fraction of sp³-hybridized carbons (Fsp3) is 0.0625. The molecular formula is C16H12INO. The van der Waals surface area contributed by atoms with Gasteiger partial charge in [-0.1, -0.05) is 18.2 Å². The Morgan fingerprint density at radius 1 is 1.16 bits per heavy atom. The lowest BCUT2D eigenvalue weighted by Crippen LogP contribution is -1.92. The number of rotatable bonds is 2. The monoisotopic (exact) mass is 361 g/mol. The van der Waals surface area contributed by atoms with Crippen molar-refractivity contribution in [2.24, 2.45) is 0 Å². The summed E-state index contributed by atoms with van der Waals surface area (Å²) >= 11 is 2.29. The van der Waals surface area contributed by atoms with Gasteiger partial charge in [0, 0.05) is 20.8 Å². The first kappa shape index (κ1) is 12.4. The van der Waals surface area contributed by atoms with Crippen LogP contribution < -0.4 is 0 Å². The number of pyridine rings is 1. The minimum absolute atomic E-state index is 0.709. The van der Waals surface area contributed by atoms with E-state index in [2.05, 4.69) is 47.7 Å². The summed E-state index contributed by atoms with van der Waals surface area (Å²) in [6, 6.07) is 14.3. The van der Waals surface area contributed by atoms with Gasteiger partial charge in [0.1, 0.15) is 0 Å². The molecule has 94 valence electrons. The second-order valence-corrected chi connectivity index (χ2v) is 5.76. The zero-order chi connectivity index (χ0) is 13.4. The van der Waals surface area contributed by atoms with Crippen LogP contribution in [0.5, 0.6) is 0 Å². The molecule has 0 aliphatic rings. The van der Waals surface area contributed by atoms with Crippen LogP contribution in [0.1, 0.15) is 16.1 Å². The lowest BCUT2D eigenvalue weighted by molar-refractivity contribution is 0.111. The fourth-order valence-electron chi connectivity index (χ4n) is 2.37. The molecule has 0 fully saturated rings. The zero-order valence-electron chi connectivity index (χ0n) is 10.4.